The molecule has 3 aliphatic heterocycles. The third-order valence-corrected chi connectivity index (χ3v) is 8.06. The molecule has 0 aromatic heterocycles. The van der Waals surface area contributed by atoms with E-state index in [0.29, 0.717) is 18.6 Å². The number of imide groups is 1. The van der Waals surface area contributed by atoms with Gasteiger partial charge in [0.15, 0.2) is 9.84 Å². The number of sulfone groups is 1. The van der Waals surface area contributed by atoms with E-state index >= 15 is 0 Å². The fourth-order valence-corrected chi connectivity index (χ4v) is 6.25. The normalized spacial score (nSPS) is 29.9. The molecule has 3 saturated heterocycles. The van der Waals surface area contributed by atoms with Crippen molar-refractivity contribution in [3.63, 3.8) is 0 Å². The van der Waals surface area contributed by atoms with Crippen molar-refractivity contribution in [2.24, 2.45) is 0 Å². The molecule has 1 aromatic carbocycles. The first kappa shape index (κ1) is 21.8. The van der Waals surface area contributed by atoms with E-state index in [0.717, 1.165) is 17.7 Å². The minimum atomic E-state index is -3.21. The average molecular weight is 450 g/mol. The number of urea groups is 1. The van der Waals surface area contributed by atoms with Crippen LogP contribution in [0, 0.1) is 0 Å². The van der Waals surface area contributed by atoms with Crippen LogP contribution in [0.3, 0.4) is 0 Å². The Morgan fingerprint density at radius 3 is 2.61 bits per heavy atom. The maximum atomic E-state index is 13.2. The molecule has 0 aliphatic carbocycles. The van der Waals surface area contributed by atoms with E-state index in [2.05, 4.69) is 5.32 Å². The van der Waals surface area contributed by atoms with Gasteiger partial charge in [-0.1, -0.05) is 30.3 Å². The summed E-state index contributed by atoms with van der Waals surface area (Å²) in [4.78, 5) is 41.4. The van der Waals surface area contributed by atoms with Crippen molar-refractivity contribution in [3.8, 4) is 0 Å². The Morgan fingerprint density at radius 1 is 1.26 bits per heavy atom. The number of nitrogens with one attached hydrogen (secondary N) is 1. The van der Waals surface area contributed by atoms with E-state index in [1.807, 2.05) is 6.07 Å². The Labute approximate surface area is 181 Å². The molecule has 0 bridgehead atoms. The molecule has 10 heteroatoms. The summed E-state index contributed by atoms with van der Waals surface area (Å²) in [6, 6.07) is 7.75. The fourth-order valence-electron chi connectivity index (χ4n) is 4.52. The van der Waals surface area contributed by atoms with E-state index in [9.17, 15) is 22.8 Å². The molecule has 0 saturated carbocycles. The summed E-state index contributed by atoms with van der Waals surface area (Å²) in [6.07, 6.45) is 1.86. The molecule has 3 aliphatic rings. The highest BCUT2D eigenvalue weighted by molar-refractivity contribution is 7.91. The third kappa shape index (κ3) is 4.31. The topological polar surface area (TPSA) is 113 Å². The minimum Gasteiger partial charge on any atom is -0.376 e. The highest BCUT2D eigenvalue weighted by atomic mass is 32.2. The van der Waals surface area contributed by atoms with E-state index in [4.69, 9.17) is 4.74 Å². The fraction of sp³-hybridized carbons (Fsp3) is 0.571. The highest BCUT2D eigenvalue weighted by Crippen LogP contribution is 2.29. The van der Waals surface area contributed by atoms with E-state index in [1.165, 1.54) is 4.90 Å². The number of hydrogen-bond donors (Lipinski definition) is 1. The summed E-state index contributed by atoms with van der Waals surface area (Å²) in [6.45, 7) is 2.05. The molecular weight excluding hydrogens is 422 g/mol. The molecular formula is C21H27N3O6S. The summed E-state index contributed by atoms with van der Waals surface area (Å²) >= 11 is 0. The zero-order valence-corrected chi connectivity index (χ0v) is 18.3. The van der Waals surface area contributed by atoms with Crippen LogP contribution in [-0.2, 0) is 29.7 Å². The average Bonchev–Trinajstić information content (AvgIpc) is 3.43. The van der Waals surface area contributed by atoms with Crippen molar-refractivity contribution < 1.29 is 27.5 Å². The smallest absolute Gasteiger partial charge is 0.325 e. The molecule has 9 nitrogen and oxygen atoms in total. The second-order valence-electron chi connectivity index (χ2n) is 8.55. The van der Waals surface area contributed by atoms with Crippen molar-refractivity contribution in [1.82, 2.24) is 15.1 Å². The van der Waals surface area contributed by atoms with Crippen molar-refractivity contribution in [3.05, 3.63) is 35.9 Å². The van der Waals surface area contributed by atoms with Gasteiger partial charge >= 0.3 is 6.03 Å². The van der Waals surface area contributed by atoms with Gasteiger partial charge in [0.2, 0.25) is 5.91 Å². The number of carbonyl (C=O) groups is 3. The first-order chi connectivity index (χ1) is 14.7. The zero-order chi connectivity index (χ0) is 22.2. The predicted octanol–water partition coefficient (Wildman–Crippen LogP) is 0.648. The van der Waals surface area contributed by atoms with Crippen LogP contribution in [0.25, 0.3) is 0 Å². The van der Waals surface area contributed by atoms with Gasteiger partial charge in [0.25, 0.3) is 5.91 Å². The summed E-state index contributed by atoms with van der Waals surface area (Å²) in [5.41, 5.74) is -0.629. The Hall–Kier alpha value is -2.46. The second kappa shape index (κ2) is 8.23. The number of rotatable bonds is 6. The molecule has 4 rings (SSSR count). The standard InChI is InChI=1S/C21H27N3O6S/c1-21(15-6-3-2-4-7-15)19(26)24(20(27)22-21)13-18(25)23(12-17-8-5-10-30-17)16-9-11-31(28,29)14-16/h2-4,6-7,16-17H,5,8-14H2,1H3,(H,22,27)/t16-,17-,21-/m1/s1. The third-order valence-electron chi connectivity index (χ3n) is 6.31. The number of amides is 4. The Bertz CT molecular complexity index is 976. The predicted molar refractivity (Wildman–Crippen MR) is 112 cm³/mol. The van der Waals surface area contributed by atoms with Crippen LogP contribution in [0.15, 0.2) is 30.3 Å². The van der Waals surface area contributed by atoms with Crippen LogP contribution in [0.4, 0.5) is 4.79 Å². The lowest BCUT2D eigenvalue weighted by Gasteiger charge is -2.31. The van der Waals surface area contributed by atoms with Crippen molar-refractivity contribution in [2.45, 2.75) is 43.9 Å². The van der Waals surface area contributed by atoms with Crippen molar-refractivity contribution in [2.75, 3.05) is 31.2 Å². The van der Waals surface area contributed by atoms with Crippen molar-refractivity contribution >= 4 is 27.7 Å². The van der Waals surface area contributed by atoms with Crippen LogP contribution >= 0.6 is 0 Å². The number of nitrogens with zero attached hydrogens (tertiary/aromatic N) is 2. The van der Waals surface area contributed by atoms with Gasteiger partial charge in [0.05, 0.1) is 17.6 Å². The first-order valence-corrected chi connectivity index (χ1v) is 12.3. The van der Waals surface area contributed by atoms with Crippen molar-refractivity contribution in [1.29, 1.82) is 0 Å². The van der Waals surface area contributed by atoms with Crippen LogP contribution in [-0.4, -0.2) is 79.4 Å². The van der Waals surface area contributed by atoms with Crippen LogP contribution < -0.4 is 5.32 Å². The lowest BCUT2D eigenvalue weighted by molar-refractivity contribution is -0.141. The molecule has 31 heavy (non-hydrogen) atoms. The molecule has 0 radical (unpaired) electrons. The number of ether oxygens (including phenoxy) is 1. The van der Waals surface area contributed by atoms with E-state index in [1.54, 1.807) is 31.2 Å². The van der Waals surface area contributed by atoms with E-state index in [-0.39, 0.29) is 24.2 Å². The Kier molecular flexibility index (Phi) is 5.78. The van der Waals surface area contributed by atoms with E-state index < -0.39 is 45.8 Å². The molecule has 3 heterocycles. The molecule has 0 unspecified atom stereocenters. The van der Waals surface area contributed by atoms with Crippen LogP contribution in [0.5, 0.6) is 0 Å². The van der Waals surface area contributed by atoms with Gasteiger partial charge in [0.1, 0.15) is 12.1 Å². The number of benzene rings is 1. The van der Waals surface area contributed by atoms with Gasteiger partial charge in [-0.15, -0.1) is 0 Å². The Balaban J connectivity index is 1.52. The van der Waals surface area contributed by atoms with Crippen LogP contribution in [0.1, 0.15) is 31.7 Å². The van der Waals surface area contributed by atoms with Gasteiger partial charge in [0, 0.05) is 19.2 Å². The highest BCUT2D eigenvalue weighted by Gasteiger charge is 2.50. The lowest BCUT2D eigenvalue weighted by atomic mass is 9.92. The SMILES string of the molecule is C[C@]1(c2ccccc2)NC(=O)N(CC(=O)N(C[C@H]2CCCO2)[C@@H]2CCS(=O)(=O)C2)C1=O. The molecule has 1 N–H and O–H groups in total. The maximum absolute atomic E-state index is 13.2. The minimum absolute atomic E-state index is 0.0299. The Morgan fingerprint density at radius 2 is 2.00 bits per heavy atom. The molecule has 3 fully saturated rings. The molecule has 4 amide bonds. The number of hydrogen-bond acceptors (Lipinski definition) is 6. The number of carbonyl (C=O) groups excluding carboxylic acids is 3. The summed E-state index contributed by atoms with van der Waals surface area (Å²) in [5, 5.41) is 2.69. The molecule has 0 spiro atoms. The van der Waals surface area contributed by atoms with Gasteiger partial charge in [-0.2, -0.15) is 0 Å². The summed E-state index contributed by atoms with van der Waals surface area (Å²) in [7, 11) is -3.21. The molecule has 3 atom stereocenters. The largest absolute Gasteiger partial charge is 0.376 e. The maximum Gasteiger partial charge on any atom is 0.325 e. The second-order valence-corrected chi connectivity index (χ2v) is 10.8. The van der Waals surface area contributed by atoms with Gasteiger partial charge < -0.3 is 15.0 Å². The van der Waals surface area contributed by atoms with Gasteiger partial charge in [-0.3, -0.25) is 14.5 Å². The van der Waals surface area contributed by atoms with Crippen LogP contribution in [0.2, 0.25) is 0 Å². The lowest BCUT2D eigenvalue weighted by Crippen LogP contribution is -2.50. The van der Waals surface area contributed by atoms with Gasteiger partial charge in [-0.05, 0) is 31.7 Å². The molecule has 1 aromatic rings. The summed E-state index contributed by atoms with van der Waals surface area (Å²) in [5.74, 6) is -1.03. The molecule has 168 valence electrons. The first-order valence-electron chi connectivity index (χ1n) is 10.5. The quantitative estimate of drug-likeness (QED) is 0.638. The van der Waals surface area contributed by atoms with Gasteiger partial charge in [-0.25, -0.2) is 13.2 Å². The zero-order valence-electron chi connectivity index (χ0n) is 17.5. The monoisotopic (exact) mass is 449 g/mol. The summed E-state index contributed by atoms with van der Waals surface area (Å²) < 4.78 is 29.6.